The van der Waals surface area contributed by atoms with Crippen molar-refractivity contribution in [2.24, 2.45) is 0 Å². The highest BCUT2D eigenvalue weighted by Gasteiger charge is 2.08. The Balaban J connectivity index is 2.55. The van der Waals surface area contributed by atoms with Gasteiger partial charge in [-0.05, 0) is 25.6 Å². The molecule has 1 heterocycles. The maximum Gasteiger partial charge on any atom is 0.177 e. The topological polar surface area (TPSA) is 52.0 Å². The van der Waals surface area contributed by atoms with Gasteiger partial charge in [-0.1, -0.05) is 17.7 Å². The number of hydrogen-bond acceptors (Lipinski definition) is 4. The Kier molecular flexibility index (Phi) is 4.35. The fraction of sp³-hybridized carbons (Fsp3) is 0.400. The highest BCUT2D eigenvalue weighted by atomic mass is 35.5. The lowest BCUT2D eigenvalue weighted by Crippen LogP contribution is -2.38. The molecule has 5 heteroatoms. The largest absolute Gasteiger partial charge is 0.308 e. The molecule has 0 saturated carbocycles. The predicted octanol–water partition coefficient (Wildman–Crippen LogP) is 1.58. The molecule has 0 bridgehead atoms. The summed E-state index contributed by atoms with van der Waals surface area (Å²) < 4.78 is 0. The van der Waals surface area contributed by atoms with E-state index in [9.17, 15) is 0 Å². The molecule has 0 aliphatic rings. The third-order valence-electron chi connectivity index (χ3n) is 2.16. The number of pyridine rings is 1. The molecular formula is C10H13ClN4. The SMILES string of the molecule is CC(NC#N)N(C)Cc1ccc(Cl)nc1. The second-order valence-electron chi connectivity index (χ2n) is 3.34. The fourth-order valence-corrected chi connectivity index (χ4v) is 1.24. The molecule has 1 aromatic heterocycles. The Bertz CT molecular complexity index is 343. The first-order chi connectivity index (χ1) is 7.13. The maximum atomic E-state index is 8.47. The number of halogens is 1. The zero-order valence-electron chi connectivity index (χ0n) is 8.74. The van der Waals surface area contributed by atoms with Crippen LogP contribution in [0.25, 0.3) is 0 Å². The number of nitriles is 1. The Morgan fingerprint density at radius 2 is 2.40 bits per heavy atom. The smallest absolute Gasteiger partial charge is 0.177 e. The van der Waals surface area contributed by atoms with E-state index in [4.69, 9.17) is 16.9 Å². The maximum absolute atomic E-state index is 8.47. The molecule has 0 spiro atoms. The van der Waals surface area contributed by atoms with Crippen molar-refractivity contribution in [2.45, 2.75) is 19.6 Å². The van der Waals surface area contributed by atoms with Crippen molar-refractivity contribution in [3.8, 4) is 6.19 Å². The van der Waals surface area contributed by atoms with E-state index < -0.39 is 0 Å². The van der Waals surface area contributed by atoms with Crippen molar-refractivity contribution in [3.05, 3.63) is 29.0 Å². The van der Waals surface area contributed by atoms with Crippen LogP contribution in [0.2, 0.25) is 5.15 Å². The highest BCUT2D eigenvalue weighted by Crippen LogP contribution is 2.07. The molecule has 0 amide bonds. The number of nitrogens with one attached hydrogen (secondary N) is 1. The standard InChI is InChI=1S/C10H13ClN4/c1-8(14-7-12)15(2)6-9-3-4-10(11)13-5-9/h3-5,8,14H,6H2,1-2H3. The van der Waals surface area contributed by atoms with Gasteiger partial charge >= 0.3 is 0 Å². The summed E-state index contributed by atoms with van der Waals surface area (Å²) in [6.45, 7) is 2.65. The van der Waals surface area contributed by atoms with Crippen LogP contribution in [0.1, 0.15) is 12.5 Å². The van der Waals surface area contributed by atoms with E-state index in [0.717, 1.165) is 12.1 Å². The molecule has 0 aliphatic carbocycles. The molecule has 1 unspecified atom stereocenters. The van der Waals surface area contributed by atoms with Gasteiger partial charge in [0, 0.05) is 12.7 Å². The molecule has 15 heavy (non-hydrogen) atoms. The molecular weight excluding hydrogens is 212 g/mol. The Morgan fingerprint density at radius 3 is 2.93 bits per heavy atom. The molecule has 0 aromatic carbocycles. The zero-order chi connectivity index (χ0) is 11.3. The van der Waals surface area contributed by atoms with Crippen LogP contribution in [0.3, 0.4) is 0 Å². The van der Waals surface area contributed by atoms with E-state index in [2.05, 4.69) is 10.3 Å². The summed E-state index contributed by atoms with van der Waals surface area (Å²) in [5.74, 6) is 0. The fourth-order valence-electron chi connectivity index (χ4n) is 1.13. The second-order valence-corrected chi connectivity index (χ2v) is 3.72. The summed E-state index contributed by atoms with van der Waals surface area (Å²) in [5, 5.41) is 11.6. The number of aromatic nitrogens is 1. The quantitative estimate of drug-likeness (QED) is 0.365. The van der Waals surface area contributed by atoms with E-state index in [-0.39, 0.29) is 6.17 Å². The summed E-state index contributed by atoms with van der Waals surface area (Å²) in [6, 6.07) is 3.68. The summed E-state index contributed by atoms with van der Waals surface area (Å²) in [6.07, 6.45) is 3.65. The minimum atomic E-state index is 0.00526. The third kappa shape index (κ3) is 3.74. The van der Waals surface area contributed by atoms with Crippen LogP contribution >= 0.6 is 11.6 Å². The van der Waals surface area contributed by atoms with Crippen LogP contribution in [-0.2, 0) is 6.54 Å². The molecule has 4 nitrogen and oxygen atoms in total. The summed E-state index contributed by atoms with van der Waals surface area (Å²) in [4.78, 5) is 6.00. The average molecular weight is 225 g/mol. The van der Waals surface area contributed by atoms with Crippen molar-refractivity contribution in [3.63, 3.8) is 0 Å². The Hall–Kier alpha value is -1.31. The lowest BCUT2D eigenvalue weighted by atomic mass is 10.2. The van der Waals surface area contributed by atoms with Crippen LogP contribution in [0.4, 0.5) is 0 Å². The molecule has 1 atom stereocenters. The molecule has 1 N–H and O–H groups in total. The van der Waals surface area contributed by atoms with Gasteiger partial charge in [-0.25, -0.2) is 4.98 Å². The lowest BCUT2D eigenvalue weighted by molar-refractivity contribution is 0.231. The minimum Gasteiger partial charge on any atom is -0.308 e. The van der Waals surface area contributed by atoms with E-state index in [0.29, 0.717) is 5.15 Å². The average Bonchev–Trinajstić information content (AvgIpc) is 2.22. The molecule has 1 aromatic rings. The second kappa shape index (κ2) is 5.54. The van der Waals surface area contributed by atoms with Gasteiger partial charge in [-0.15, -0.1) is 0 Å². The Morgan fingerprint density at radius 1 is 1.67 bits per heavy atom. The van der Waals surface area contributed by atoms with Gasteiger partial charge in [-0.3, -0.25) is 4.90 Å². The molecule has 1 rings (SSSR count). The van der Waals surface area contributed by atoms with Gasteiger partial charge in [0.2, 0.25) is 0 Å². The zero-order valence-corrected chi connectivity index (χ0v) is 9.49. The van der Waals surface area contributed by atoms with Gasteiger partial charge in [0.25, 0.3) is 0 Å². The van der Waals surface area contributed by atoms with Crippen LogP contribution in [-0.4, -0.2) is 23.1 Å². The van der Waals surface area contributed by atoms with Crippen LogP contribution in [0.5, 0.6) is 0 Å². The summed E-state index contributed by atoms with van der Waals surface area (Å²) in [7, 11) is 1.93. The van der Waals surface area contributed by atoms with Crippen LogP contribution in [0, 0.1) is 11.5 Å². The van der Waals surface area contributed by atoms with Gasteiger partial charge in [-0.2, -0.15) is 5.26 Å². The molecule has 0 saturated heterocycles. The predicted molar refractivity (Wildman–Crippen MR) is 58.9 cm³/mol. The number of rotatable bonds is 4. The first kappa shape index (κ1) is 11.8. The van der Waals surface area contributed by atoms with Crippen molar-refractivity contribution in [1.82, 2.24) is 15.2 Å². The van der Waals surface area contributed by atoms with Crippen LogP contribution < -0.4 is 5.32 Å². The van der Waals surface area contributed by atoms with E-state index in [1.807, 2.05) is 31.1 Å². The van der Waals surface area contributed by atoms with Crippen molar-refractivity contribution >= 4 is 11.6 Å². The monoisotopic (exact) mass is 224 g/mol. The van der Waals surface area contributed by atoms with Crippen LogP contribution in [0.15, 0.2) is 18.3 Å². The van der Waals surface area contributed by atoms with Gasteiger partial charge < -0.3 is 5.32 Å². The first-order valence-corrected chi connectivity index (χ1v) is 4.96. The molecule has 0 fully saturated rings. The number of hydrogen-bond donors (Lipinski definition) is 1. The lowest BCUT2D eigenvalue weighted by Gasteiger charge is -2.22. The van der Waals surface area contributed by atoms with Gasteiger partial charge in [0.05, 0.1) is 6.17 Å². The van der Waals surface area contributed by atoms with Gasteiger partial charge in [0.1, 0.15) is 5.15 Å². The first-order valence-electron chi connectivity index (χ1n) is 4.58. The van der Waals surface area contributed by atoms with Crippen molar-refractivity contribution in [1.29, 1.82) is 5.26 Å². The summed E-state index contributed by atoms with van der Waals surface area (Å²) >= 11 is 5.68. The van der Waals surface area contributed by atoms with E-state index >= 15 is 0 Å². The third-order valence-corrected chi connectivity index (χ3v) is 2.38. The van der Waals surface area contributed by atoms with E-state index in [1.165, 1.54) is 0 Å². The molecule has 0 aliphatic heterocycles. The normalized spacial score (nSPS) is 12.2. The molecule has 0 radical (unpaired) electrons. The van der Waals surface area contributed by atoms with Crippen molar-refractivity contribution in [2.75, 3.05) is 7.05 Å². The molecule has 80 valence electrons. The summed E-state index contributed by atoms with van der Waals surface area (Å²) in [5.41, 5.74) is 1.06. The number of nitrogens with zero attached hydrogens (tertiary/aromatic N) is 3. The highest BCUT2D eigenvalue weighted by molar-refractivity contribution is 6.29. The van der Waals surface area contributed by atoms with E-state index in [1.54, 1.807) is 12.3 Å². The minimum absolute atomic E-state index is 0.00526. The van der Waals surface area contributed by atoms with Gasteiger partial charge in [0.15, 0.2) is 6.19 Å². The van der Waals surface area contributed by atoms with Crippen molar-refractivity contribution < 1.29 is 0 Å². The Labute approximate surface area is 94.5 Å².